The monoisotopic (exact) mass is 446 g/mol. The van der Waals surface area contributed by atoms with Gasteiger partial charge in [-0.2, -0.15) is 0 Å². The number of aryl methyl sites for hydroxylation is 2. The number of amides is 1. The van der Waals surface area contributed by atoms with Crippen molar-refractivity contribution < 1.29 is 14.3 Å². The van der Waals surface area contributed by atoms with Gasteiger partial charge in [0, 0.05) is 18.5 Å². The molecule has 1 aliphatic carbocycles. The van der Waals surface area contributed by atoms with E-state index in [0.29, 0.717) is 43.4 Å². The second kappa shape index (κ2) is 8.98. The van der Waals surface area contributed by atoms with Gasteiger partial charge in [0.2, 0.25) is 0 Å². The van der Waals surface area contributed by atoms with Crippen LogP contribution in [0.5, 0.6) is 5.75 Å². The maximum absolute atomic E-state index is 13.2. The van der Waals surface area contributed by atoms with Crippen LogP contribution in [0.15, 0.2) is 30.3 Å². The van der Waals surface area contributed by atoms with Crippen molar-refractivity contribution in [1.29, 1.82) is 0 Å². The summed E-state index contributed by atoms with van der Waals surface area (Å²) in [5.41, 5.74) is 5.49. The molecular weight excluding hydrogens is 416 g/mol. The van der Waals surface area contributed by atoms with Crippen LogP contribution in [-0.4, -0.2) is 54.2 Å². The van der Waals surface area contributed by atoms with Gasteiger partial charge < -0.3 is 19.7 Å². The van der Waals surface area contributed by atoms with E-state index in [0.717, 1.165) is 29.6 Å². The highest BCUT2D eigenvalue weighted by molar-refractivity contribution is 6.02. The summed E-state index contributed by atoms with van der Waals surface area (Å²) in [7, 11) is 1.59. The maximum Gasteiger partial charge on any atom is 0.257 e. The summed E-state index contributed by atoms with van der Waals surface area (Å²) in [4.78, 5) is 24.3. The van der Waals surface area contributed by atoms with Gasteiger partial charge in [0.15, 0.2) is 0 Å². The Balaban J connectivity index is 1.52. The van der Waals surface area contributed by atoms with Crippen LogP contribution in [0.2, 0.25) is 0 Å². The summed E-state index contributed by atoms with van der Waals surface area (Å²) in [6.45, 7) is 6.31. The number of carbonyl (C=O) groups is 1. The number of nitrogens with zero attached hydrogens (tertiary/aromatic N) is 3. The first-order valence-electron chi connectivity index (χ1n) is 11.7. The fourth-order valence-electron chi connectivity index (χ4n) is 4.99. The molecule has 1 fully saturated rings. The Kier molecular flexibility index (Phi) is 5.89. The first-order chi connectivity index (χ1) is 16.0. The molecule has 7 heteroatoms. The van der Waals surface area contributed by atoms with Crippen LogP contribution in [0.25, 0.3) is 10.9 Å². The molecule has 3 aromatic rings. The normalized spacial score (nSPS) is 16.5. The summed E-state index contributed by atoms with van der Waals surface area (Å²) in [5, 5.41) is 4.46. The van der Waals surface area contributed by atoms with Crippen molar-refractivity contribution in [3.63, 3.8) is 0 Å². The lowest BCUT2D eigenvalue weighted by Gasteiger charge is -2.27. The average Bonchev–Trinajstić information content (AvgIpc) is 3.32. The van der Waals surface area contributed by atoms with Crippen molar-refractivity contribution in [3.8, 4) is 5.75 Å². The van der Waals surface area contributed by atoms with Crippen LogP contribution < -0.4 is 10.1 Å². The molecule has 2 aliphatic rings. The van der Waals surface area contributed by atoms with Gasteiger partial charge in [-0.25, -0.2) is 9.97 Å². The third-order valence-corrected chi connectivity index (χ3v) is 6.66. The first-order valence-corrected chi connectivity index (χ1v) is 11.7. The van der Waals surface area contributed by atoms with E-state index >= 15 is 0 Å². The van der Waals surface area contributed by atoms with E-state index in [1.54, 1.807) is 12.0 Å². The third-order valence-electron chi connectivity index (χ3n) is 6.66. The molecular formula is C26H30N4O3. The minimum atomic E-state index is -0.0592. The Hall–Kier alpha value is -3.19. The van der Waals surface area contributed by atoms with Crippen molar-refractivity contribution >= 4 is 22.6 Å². The Morgan fingerprint density at radius 3 is 2.79 bits per heavy atom. The molecule has 1 amide bonds. The topological polar surface area (TPSA) is 76.6 Å². The van der Waals surface area contributed by atoms with E-state index in [1.165, 1.54) is 23.1 Å². The lowest BCUT2D eigenvalue weighted by molar-refractivity contribution is 0.0301. The summed E-state index contributed by atoms with van der Waals surface area (Å²) in [6.07, 6.45) is 3.50. The number of morpholine rings is 1. The zero-order valence-electron chi connectivity index (χ0n) is 19.5. The number of benzene rings is 2. The molecule has 2 heterocycles. The molecule has 0 spiro atoms. The second-order valence-corrected chi connectivity index (χ2v) is 8.80. The van der Waals surface area contributed by atoms with Gasteiger partial charge in [0.25, 0.3) is 5.91 Å². The van der Waals surface area contributed by atoms with E-state index < -0.39 is 0 Å². The molecule has 2 aromatic carbocycles. The largest absolute Gasteiger partial charge is 0.496 e. The van der Waals surface area contributed by atoms with Crippen molar-refractivity contribution in [1.82, 2.24) is 14.9 Å². The van der Waals surface area contributed by atoms with Gasteiger partial charge >= 0.3 is 0 Å². The number of nitrogens with one attached hydrogen (secondary N) is 1. The van der Waals surface area contributed by atoms with Gasteiger partial charge in [-0.1, -0.05) is 18.2 Å². The van der Waals surface area contributed by atoms with E-state index in [9.17, 15) is 4.79 Å². The number of ether oxygens (including phenoxy) is 2. The lowest BCUT2D eigenvalue weighted by Crippen LogP contribution is -2.40. The van der Waals surface area contributed by atoms with E-state index in [-0.39, 0.29) is 11.9 Å². The third kappa shape index (κ3) is 4.13. The molecule has 1 unspecified atom stereocenters. The fourth-order valence-corrected chi connectivity index (χ4v) is 4.99. The van der Waals surface area contributed by atoms with Crippen LogP contribution in [0.1, 0.15) is 52.3 Å². The molecule has 1 N–H and O–H groups in total. The predicted octanol–water partition coefficient (Wildman–Crippen LogP) is 4.08. The number of methoxy groups -OCH3 is 1. The summed E-state index contributed by atoms with van der Waals surface area (Å²) >= 11 is 0. The predicted molar refractivity (Wildman–Crippen MR) is 128 cm³/mol. The van der Waals surface area contributed by atoms with Crippen molar-refractivity contribution in [2.24, 2.45) is 0 Å². The molecule has 33 heavy (non-hydrogen) atoms. The summed E-state index contributed by atoms with van der Waals surface area (Å²) < 4.78 is 11.0. The Bertz CT molecular complexity index is 1200. The SMILES string of the molecule is COc1cc2c(NC(C)c3cccc4c3CCC4)nc(C)nc2cc1C(=O)N1CCOCC1. The summed E-state index contributed by atoms with van der Waals surface area (Å²) in [6, 6.07) is 10.4. The molecule has 172 valence electrons. The number of hydrogen-bond donors (Lipinski definition) is 1. The average molecular weight is 447 g/mol. The van der Waals surface area contributed by atoms with Crippen LogP contribution in [0.3, 0.4) is 0 Å². The van der Waals surface area contributed by atoms with Crippen molar-refractivity contribution in [2.75, 3.05) is 38.7 Å². The molecule has 1 aliphatic heterocycles. The molecule has 7 nitrogen and oxygen atoms in total. The Labute approximate surface area is 194 Å². The number of rotatable bonds is 5. The number of fused-ring (bicyclic) bond motifs is 2. The number of aromatic nitrogens is 2. The van der Waals surface area contributed by atoms with Gasteiger partial charge in [-0.05, 0) is 61.9 Å². The summed E-state index contributed by atoms with van der Waals surface area (Å²) in [5.74, 6) is 1.88. The second-order valence-electron chi connectivity index (χ2n) is 8.80. The molecule has 0 bridgehead atoms. The number of anilines is 1. The molecule has 0 radical (unpaired) electrons. The highest BCUT2D eigenvalue weighted by Gasteiger charge is 2.24. The van der Waals surface area contributed by atoms with E-state index in [1.807, 2.05) is 19.1 Å². The number of hydrogen-bond acceptors (Lipinski definition) is 6. The maximum atomic E-state index is 13.2. The van der Waals surface area contributed by atoms with Crippen LogP contribution >= 0.6 is 0 Å². The first kappa shape index (κ1) is 21.6. The highest BCUT2D eigenvalue weighted by atomic mass is 16.5. The molecule has 5 rings (SSSR count). The van der Waals surface area contributed by atoms with Crippen LogP contribution in [0, 0.1) is 6.92 Å². The van der Waals surface area contributed by atoms with Crippen molar-refractivity contribution in [3.05, 3.63) is 58.4 Å². The van der Waals surface area contributed by atoms with E-state index in [2.05, 4.69) is 35.4 Å². The minimum absolute atomic E-state index is 0.0592. The Morgan fingerprint density at radius 1 is 1.18 bits per heavy atom. The highest BCUT2D eigenvalue weighted by Crippen LogP contribution is 2.34. The Morgan fingerprint density at radius 2 is 2.00 bits per heavy atom. The molecule has 1 atom stereocenters. The standard InChI is InChI=1S/C26H30N4O3/c1-16(19-8-4-6-18-7-5-9-20(18)19)27-25-21-15-24(32-3)22(14-23(21)28-17(2)29-25)26(31)30-10-12-33-13-11-30/h4,6,8,14-16H,5,7,9-13H2,1-3H3,(H,27,28,29). The zero-order chi connectivity index (χ0) is 22.9. The fraction of sp³-hybridized carbons (Fsp3) is 0.423. The van der Waals surface area contributed by atoms with Gasteiger partial charge in [-0.3, -0.25) is 4.79 Å². The number of carbonyl (C=O) groups excluding carboxylic acids is 1. The van der Waals surface area contributed by atoms with E-state index in [4.69, 9.17) is 14.5 Å². The van der Waals surface area contributed by atoms with Crippen LogP contribution in [-0.2, 0) is 17.6 Å². The van der Waals surface area contributed by atoms with Gasteiger partial charge in [-0.15, -0.1) is 0 Å². The lowest BCUT2D eigenvalue weighted by atomic mass is 9.98. The van der Waals surface area contributed by atoms with Crippen LogP contribution in [0.4, 0.5) is 5.82 Å². The molecule has 1 saturated heterocycles. The minimum Gasteiger partial charge on any atom is -0.496 e. The molecule has 1 aromatic heterocycles. The van der Waals surface area contributed by atoms with Crippen molar-refractivity contribution in [2.45, 2.75) is 39.2 Å². The smallest absolute Gasteiger partial charge is 0.257 e. The van der Waals surface area contributed by atoms with Gasteiger partial charge in [0.05, 0.1) is 37.4 Å². The quantitative estimate of drug-likeness (QED) is 0.636. The zero-order valence-corrected chi connectivity index (χ0v) is 19.5. The van der Waals surface area contributed by atoms with Gasteiger partial charge in [0.1, 0.15) is 17.4 Å². The molecule has 0 saturated carbocycles.